The predicted octanol–water partition coefficient (Wildman–Crippen LogP) is 1.84. The molecule has 1 aromatic rings. The standard InChI is InChI=1S/C10H8ClNO3/c11-6-1-2-8-7(5-6)10(13)12-9(15-8)3-4-14-12/h1-2,5,9H,3-4H2. The Labute approximate surface area is 91.3 Å². The van der Waals surface area contributed by atoms with Crippen molar-refractivity contribution in [2.75, 3.05) is 6.61 Å². The maximum Gasteiger partial charge on any atom is 0.284 e. The monoisotopic (exact) mass is 225 g/mol. The van der Waals surface area contributed by atoms with Crippen LogP contribution in [0, 0.1) is 0 Å². The summed E-state index contributed by atoms with van der Waals surface area (Å²) in [6.45, 7) is 0.512. The number of ether oxygens (including phenoxy) is 1. The van der Waals surface area contributed by atoms with Gasteiger partial charge in [0.2, 0.25) is 6.23 Å². The summed E-state index contributed by atoms with van der Waals surface area (Å²) in [5.41, 5.74) is 0.459. The van der Waals surface area contributed by atoms with Crippen molar-refractivity contribution in [2.45, 2.75) is 12.6 Å². The predicted molar refractivity (Wildman–Crippen MR) is 52.6 cm³/mol. The zero-order valence-electron chi connectivity index (χ0n) is 7.77. The Bertz CT molecular complexity index is 435. The molecule has 1 atom stereocenters. The molecule has 1 aromatic carbocycles. The Morgan fingerprint density at radius 3 is 3.20 bits per heavy atom. The maximum absolute atomic E-state index is 11.9. The van der Waals surface area contributed by atoms with E-state index in [1.54, 1.807) is 18.2 Å². The number of carbonyl (C=O) groups is 1. The lowest BCUT2D eigenvalue weighted by Gasteiger charge is -2.29. The van der Waals surface area contributed by atoms with Gasteiger partial charge < -0.3 is 4.74 Å². The van der Waals surface area contributed by atoms with Gasteiger partial charge in [-0.1, -0.05) is 11.6 Å². The van der Waals surface area contributed by atoms with E-state index >= 15 is 0 Å². The second kappa shape index (κ2) is 3.12. The topological polar surface area (TPSA) is 38.8 Å². The van der Waals surface area contributed by atoms with Crippen molar-refractivity contribution in [3.8, 4) is 5.75 Å². The highest BCUT2D eigenvalue weighted by Gasteiger charge is 2.38. The van der Waals surface area contributed by atoms with Gasteiger partial charge in [-0.15, -0.1) is 0 Å². The Morgan fingerprint density at radius 1 is 1.47 bits per heavy atom. The smallest absolute Gasteiger partial charge is 0.284 e. The van der Waals surface area contributed by atoms with E-state index in [0.717, 1.165) is 0 Å². The van der Waals surface area contributed by atoms with Crippen molar-refractivity contribution in [1.29, 1.82) is 0 Å². The fourth-order valence-electron chi connectivity index (χ4n) is 1.79. The van der Waals surface area contributed by atoms with Crippen LogP contribution in [0.25, 0.3) is 0 Å². The fourth-order valence-corrected chi connectivity index (χ4v) is 1.96. The molecule has 3 rings (SSSR count). The average molecular weight is 226 g/mol. The first kappa shape index (κ1) is 9.00. The molecule has 1 saturated heterocycles. The molecule has 1 fully saturated rings. The van der Waals surface area contributed by atoms with Crippen molar-refractivity contribution in [1.82, 2.24) is 5.06 Å². The van der Waals surface area contributed by atoms with Gasteiger partial charge in [0, 0.05) is 11.4 Å². The first-order chi connectivity index (χ1) is 7.25. The Kier molecular flexibility index (Phi) is 1.87. The van der Waals surface area contributed by atoms with Crippen LogP contribution in [0.1, 0.15) is 16.8 Å². The molecule has 2 heterocycles. The summed E-state index contributed by atoms with van der Waals surface area (Å²) in [6, 6.07) is 5.02. The van der Waals surface area contributed by atoms with Gasteiger partial charge >= 0.3 is 0 Å². The molecule has 5 heteroatoms. The number of amides is 1. The lowest BCUT2D eigenvalue weighted by molar-refractivity contribution is -0.140. The highest BCUT2D eigenvalue weighted by Crippen LogP contribution is 2.33. The summed E-state index contributed by atoms with van der Waals surface area (Å²) >= 11 is 5.82. The average Bonchev–Trinajstić information content (AvgIpc) is 2.68. The zero-order chi connectivity index (χ0) is 10.4. The van der Waals surface area contributed by atoms with Gasteiger partial charge in [0.15, 0.2) is 0 Å². The number of hydrogen-bond acceptors (Lipinski definition) is 3. The highest BCUT2D eigenvalue weighted by atomic mass is 35.5. The molecular formula is C10H8ClNO3. The van der Waals surface area contributed by atoms with Crippen LogP contribution in [-0.4, -0.2) is 23.8 Å². The molecule has 78 valence electrons. The molecule has 4 nitrogen and oxygen atoms in total. The molecule has 2 aliphatic heterocycles. The van der Waals surface area contributed by atoms with E-state index in [1.165, 1.54) is 5.06 Å². The van der Waals surface area contributed by atoms with Crippen LogP contribution < -0.4 is 4.74 Å². The van der Waals surface area contributed by atoms with Crippen molar-refractivity contribution in [3.63, 3.8) is 0 Å². The van der Waals surface area contributed by atoms with Gasteiger partial charge in [-0.2, -0.15) is 5.06 Å². The summed E-state index contributed by atoms with van der Waals surface area (Å²) in [5, 5.41) is 1.79. The summed E-state index contributed by atoms with van der Waals surface area (Å²) < 4.78 is 5.60. The van der Waals surface area contributed by atoms with Crippen LogP contribution in [0.15, 0.2) is 18.2 Å². The lowest BCUT2D eigenvalue weighted by Crippen LogP contribution is -2.42. The molecule has 0 spiro atoms. The van der Waals surface area contributed by atoms with Gasteiger partial charge in [-0.3, -0.25) is 9.63 Å². The lowest BCUT2D eigenvalue weighted by atomic mass is 10.1. The summed E-state index contributed by atoms with van der Waals surface area (Å²) in [7, 11) is 0. The van der Waals surface area contributed by atoms with Crippen LogP contribution in [0.3, 0.4) is 0 Å². The fraction of sp³-hybridized carbons (Fsp3) is 0.300. The quantitative estimate of drug-likeness (QED) is 0.676. The number of nitrogens with zero attached hydrogens (tertiary/aromatic N) is 1. The van der Waals surface area contributed by atoms with Crippen LogP contribution in [0.4, 0.5) is 0 Å². The van der Waals surface area contributed by atoms with E-state index in [2.05, 4.69) is 0 Å². The minimum Gasteiger partial charge on any atom is -0.467 e. The van der Waals surface area contributed by atoms with Crippen molar-refractivity contribution >= 4 is 17.5 Å². The van der Waals surface area contributed by atoms with E-state index in [1.807, 2.05) is 0 Å². The van der Waals surface area contributed by atoms with Crippen molar-refractivity contribution in [2.24, 2.45) is 0 Å². The largest absolute Gasteiger partial charge is 0.467 e. The first-order valence-corrected chi connectivity index (χ1v) is 5.06. The third kappa shape index (κ3) is 1.29. The van der Waals surface area contributed by atoms with Crippen molar-refractivity contribution < 1.29 is 14.4 Å². The van der Waals surface area contributed by atoms with Crippen molar-refractivity contribution in [3.05, 3.63) is 28.8 Å². The molecule has 0 aliphatic carbocycles. The molecule has 1 unspecified atom stereocenters. The van der Waals surface area contributed by atoms with Crippen LogP contribution in [0.2, 0.25) is 5.02 Å². The maximum atomic E-state index is 11.9. The molecule has 0 radical (unpaired) electrons. The van der Waals surface area contributed by atoms with E-state index in [0.29, 0.717) is 29.4 Å². The molecule has 0 N–H and O–H groups in total. The Hall–Kier alpha value is -1.26. The van der Waals surface area contributed by atoms with Gasteiger partial charge in [0.05, 0.1) is 12.2 Å². The van der Waals surface area contributed by atoms with Crippen LogP contribution in [-0.2, 0) is 4.84 Å². The van der Waals surface area contributed by atoms with Gasteiger partial charge in [0.25, 0.3) is 5.91 Å². The zero-order valence-corrected chi connectivity index (χ0v) is 8.53. The number of carbonyl (C=O) groups excluding carboxylic acids is 1. The number of rotatable bonds is 0. The van der Waals surface area contributed by atoms with E-state index in [9.17, 15) is 4.79 Å². The Morgan fingerprint density at radius 2 is 2.33 bits per heavy atom. The van der Waals surface area contributed by atoms with Crippen LogP contribution in [0.5, 0.6) is 5.75 Å². The highest BCUT2D eigenvalue weighted by molar-refractivity contribution is 6.31. The number of hydrogen-bond donors (Lipinski definition) is 0. The second-order valence-electron chi connectivity index (χ2n) is 3.47. The summed E-state index contributed by atoms with van der Waals surface area (Å²) in [5.74, 6) is 0.400. The van der Waals surface area contributed by atoms with Crippen LogP contribution >= 0.6 is 11.6 Å². The minimum atomic E-state index is -0.286. The number of halogens is 1. The molecule has 0 aromatic heterocycles. The SMILES string of the molecule is O=C1c2cc(Cl)ccc2OC2CCON12. The molecule has 1 amide bonds. The Balaban J connectivity index is 2.09. The summed E-state index contributed by atoms with van der Waals surface area (Å²) in [6.07, 6.45) is 0.416. The third-order valence-electron chi connectivity index (χ3n) is 2.49. The third-order valence-corrected chi connectivity index (χ3v) is 2.73. The molecular weight excluding hydrogens is 218 g/mol. The first-order valence-electron chi connectivity index (χ1n) is 4.68. The molecule has 0 saturated carbocycles. The molecule has 15 heavy (non-hydrogen) atoms. The number of hydroxylamine groups is 2. The van der Waals surface area contributed by atoms with E-state index in [4.69, 9.17) is 21.2 Å². The molecule has 0 bridgehead atoms. The number of fused-ring (bicyclic) bond motifs is 2. The van der Waals surface area contributed by atoms with Gasteiger partial charge in [-0.05, 0) is 18.2 Å². The minimum absolute atomic E-state index is 0.179. The second-order valence-corrected chi connectivity index (χ2v) is 3.90. The van der Waals surface area contributed by atoms with E-state index in [-0.39, 0.29) is 12.1 Å². The van der Waals surface area contributed by atoms with E-state index < -0.39 is 0 Å². The normalized spacial score (nSPS) is 23.4. The summed E-state index contributed by atoms with van der Waals surface area (Å²) in [4.78, 5) is 17.1. The van der Waals surface area contributed by atoms with Gasteiger partial charge in [0.1, 0.15) is 5.75 Å². The number of benzene rings is 1. The van der Waals surface area contributed by atoms with Gasteiger partial charge in [-0.25, -0.2) is 0 Å². The molecule has 2 aliphatic rings.